The Labute approximate surface area is 171 Å². The normalized spacial score (nSPS) is 47.2. The van der Waals surface area contributed by atoms with Gasteiger partial charge in [0.2, 0.25) is 0 Å². The predicted molar refractivity (Wildman–Crippen MR) is 113 cm³/mol. The first-order valence-corrected chi connectivity index (χ1v) is 11.9. The molecule has 3 saturated carbocycles. The third kappa shape index (κ3) is 2.65. The molecule has 4 aliphatic rings. The van der Waals surface area contributed by atoms with Gasteiger partial charge in [-0.05, 0) is 61.7 Å². The minimum atomic E-state index is -0.804. The first kappa shape index (κ1) is 19.0. The van der Waals surface area contributed by atoms with E-state index >= 15 is 0 Å². The molecule has 0 aromatic heterocycles. The maximum atomic E-state index is 12.0. The Morgan fingerprint density at radius 1 is 1.23 bits per heavy atom. The molecule has 3 heteroatoms. The molecule has 6 atom stereocenters. The Balaban J connectivity index is 1.64. The van der Waals surface area contributed by atoms with E-state index in [2.05, 4.69) is 54.4 Å². The van der Waals surface area contributed by atoms with Crippen LogP contribution < -0.4 is 0 Å². The molecule has 4 rings (SSSR count). The number of hydrogen-bond donors (Lipinski definition) is 1. The van der Waals surface area contributed by atoms with Crippen molar-refractivity contribution in [1.82, 2.24) is 0 Å². The number of fused-ring (bicyclic) bond motifs is 5. The van der Waals surface area contributed by atoms with Gasteiger partial charge in [0, 0.05) is 29.1 Å². The van der Waals surface area contributed by atoms with Crippen molar-refractivity contribution >= 4 is 28.4 Å². The van der Waals surface area contributed by atoms with E-state index in [1.807, 2.05) is 0 Å². The molecule has 3 fully saturated rings. The number of Topliss-reactive ketones (excluding diaryl/α,β-unsaturated/α-hetero) is 1. The minimum absolute atomic E-state index is 0.0708. The number of allylic oxidation sites excluding steroid dienone is 2. The number of rotatable bonds is 1. The van der Waals surface area contributed by atoms with Crippen molar-refractivity contribution in [3.05, 3.63) is 11.6 Å². The molecule has 0 amide bonds. The Kier molecular flexibility index (Phi) is 4.84. The van der Waals surface area contributed by atoms with Crippen molar-refractivity contribution in [2.75, 3.05) is 4.43 Å². The van der Waals surface area contributed by atoms with Crippen LogP contribution in [0.1, 0.15) is 71.6 Å². The Morgan fingerprint density at radius 2 is 2.00 bits per heavy atom. The maximum Gasteiger partial charge on any atom is 0.136 e. The molecule has 26 heavy (non-hydrogen) atoms. The second-order valence-corrected chi connectivity index (χ2v) is 10.6. The molecule has 0 spiro atoms. The van der Waals surface area contributed by atoms with Gasteiger partial charge in [0.1, 0.15) is 11.4 Å². The molecule has 0 heterocycles. The lowest BCUT2D eigenvalue weighted by Crippen LogP contribution is -2.54. The Hall–Kier alpha value is -0.340. The van der Waals surface area contributed by atoms with Crippen LogP contribution in [0.15, 0.2) is 11.6 Å². The lowest BCUT2D eigenvalue weighted by Gasteiger charge is -2.57. The van der Waals surface area contributed by atoms with E-state index in [4.69, 9.17) is 0 Å². The van der Waals surface area contributed by atoms with E-state index in [1.54, 1.807) is 0 Å². The van der Waals surface area contributed by atoms with Crippen LogP contribution in [0.25, 0.3) is 0 Å². The highest BCUT2D eigenvalue weighted by atomic mass is 127. The molecule has 142 valence electrons. The van der Waals surface area contributed by atoms with Crippen molar-refractivity contribution in [1.29, 1.82) is 0 Å². The van der Waals surface area contributed by atoms with Crippen molar-refractivity contribution in [2.24, 2.45) is 28.6 Å². The number of carbonyl (C=O) groups excluding carboxylic acids is 1. The minimum Gasteiger partial charge on any atom is -0.377 e. The monoisotopic (exact) mass is 466 g/mol. The van der Waals surface area contributed by atoms with Crippen LogP contribution in [-0.2, 0) is 4.79 Å². The van der Waals surface area contributed by atoms with Gasteiger partial charge in [0.25, 0.3) is 0 Å². The molecule has 0 aromatic carbocycles. The first-order chi connectivity index (χ1) is 12.3. The smallest absolute Gasteiger partial charge is 0.136 e. The van der Waals surface area contributed by atoms with E-state index in [0.717, 1.165) is 49.4 Å². The molecule has 0 aromatic rings. The van der Waals surface area contributed by atoms with Gasteiger partial charge in [-0.1, -0.05) is 59.9 Å². The van der Waals surface area contributed by atoms with E-state index in [-0.39, 0.29) is 10.8 Å². The lowest BCUT2D eigenvalue weighted by atomic mass is 9.47. The fraction of sp³-hybridized carbons (Fsp3) is 0.783. The van der Waals surface area contributed by atoms with E-state index in [9.17, 15) is 9.90 Å². The van der Waals surface area contributed by atoms with E-state index < -0.39 is 5.60 Å². The number of halogens is 1. The second-order valence-electron chi connectivity index (χ2n) is 9.57. The highest BCUT2D eigenvalue weighted by Crippen LogP contribution is 2.66. The van der Waals surface area contributed by atoms with Gasteiger partial charge in [0.05, 0.1) is 0 Å². The Morgan fingerprint density at radius 3 is 2.77 bits per heavy atom. The topological polar surface area (TPSA) is 37.3 Å². The number of carbonyl (C=O) groups is 1. The summed E-state index contributed by atoms with van der Waals surface area (Å²) < 4.78 is 1.02. The summed E-state index contributed by atoms with van der Waals surface area (Å²) >= 11 is 2.35. The molecule has 0 radical (unpaired) electrons. The molecular weight excluding hydrogens is 435 g/mol. The van der Waals surface area contributed by atoms with Crippen molar-refractivity contribution in [3.63, 3.8) is 0 Å². The van der Waals surface area contributed by atoms with Crippen LogP contribution in [0.5, 0.6) is 0 Å². The number of aliphatic hydroxyl groups is 1. The van der Waals surface area contributed by atoms with E-state index in [0.29, 0.717) is 30.0 Å². The van der Waals surface area contributed by atoms with Gasteiger partial charge in [-0.25, -0.2) is 0 Å². The van der Waals surface area contributed by atoms with Crippen LogP contribution in [0.2, 0.25) is 0 Å². The fourth-order valence-corrected chi connectivity index (χ4v) is 7.22. The molecule has 4 aliphatic carbocycles. The van der Waals surface area contributed by atoms with Gasteiger partial charge in [-0.3, -0.25) is 4.79 Å². The first-order valence-electron chi connectivity index (χ1n) is 10.3. The maximum absolute atomic E-state index is 12.0. The summed E-state index contributed by atoms with van der Waals surface area (Å²) in [5.74, 6) is 8.87. The van der Waals surface area contributed by atoms with Crippen LogP contribution in [-0.4, -0.2) is 20.9 Å². The standard InChI is InChI=1S/C23H31IO2/c1-21-11-7-17(25)15-16(21)5-6-18-19(21)8-12-22(2)20(18)9-13-23(22,26)10-3-4-14-24/h5,18-20,26H,4,6-9,11-15H2,1-2H3/t18?,19?,20?,21-,22-,23-/m0/s1. The van der Waals surface area contributed by atoms with Crippen LogP contribution in [0, 0.1) is 40.4 Å². The molecule has 0 bridgehead atoms. The summed E-state index contributed by atoms with van der Waals surface area (Å²) in [6, 6.07) is 0. The zero-order valence-electron chi connectivity index (χ0n) is 16.1. The largest absolute Gasteiger partial charge is 0.377 e. The summed E-state index contributed by atoms with van der Waals surface area (Å²) in [5, 5.41) is 11.5. The number of alkyl halides is 1. The summed E-state index contributed by atoms with van der Waals surface area (Å²) in [7, 11) is 0. The number of hydrogen-bond acceptors (Lipinski definition) is 2. The van der Waals surface area contributed by atoms with Crippen LogP contribution in [0.3, 0.4) is 0 Å². The van der Waals surface area contributed by atoms with Crippen LogP contribution >= 0.6 is 22.6 Å². The summed E-state index contributed by atoms with van der Waals surface area (Å²) in [5.41, 5.74) is 0.764. The highest BCUT2D eigenvalue weighted by Gasteiger charge is 2.63. The van der Waals surface area contributed by atoms with Gasteiger partial charge in [-0.15, -0.1) is 0 Å². The van der Waals surface area contributed by atoms with Gasteiger partial charge >= 0.3 is 0 Å². The molecular formula is C23H31IO2. The fourth-order valence-electron chi connectivity index (χ4n) is 6.95. The Bertz CT molecular complexity index is 701. The zero-order chi connectivity index (χ0) is 18.6. The SMILES string of the molecule is C[C@]12CCC(=O)CC1=CCC1C2CC[C@@]2(C)C1CC[C@@]2(O)C#CCCI. The van der Waals surface area contributed by atoms with Crippen molar-refractivity contribution in [2.45, 2.75) is 77.2 Å². The highest BCUT2D eigenvalue weighted by molar-refractivity contribution is 14.1. The third-order valence-electron chi connectivity index (χ3n) is 8.60. The average Bonchev–Trinajstić information content (AvgIpc) is 2.87. The molecule has 1 N–H and O–H groups in total. The number of ketones is 1. The summed E-state index contributed by atoms with van der Waals surface area (Å²) in [6.45, 7) is 4.73. The summed E-state index contributed by atoms with van der Waals surface area (Å²) in [4.78, 5) is 12.0. The quantitative estimate of drug-likeness (QED) is 0.253. The van der Waals surface area contributed by atoms with Crippen molar-refractivity contribution < 1.29 is 9.90 Å². The molecule has 2 nitrogen and oxygen atoms in total. The molecule has 0 aliphatic heterocycles. The van der Waals surface area contributed by atoms with Crippen molar-refractivity contribution in [3.8, 4) is 11.8 Å². The van der Waals surface area contributed by atoms with E-state index in [1.165, 1.54) is 12.0 Å². The van der Waals surface area contributed by atoms with Gasteiger partial charge < -0.3 is 5.11 Å². The molecule has 0 saturated heterocycles. The third-order valence-corrected chi connectivity index (χ3v) is 9.14. The predicted octanol–water partition coefficient (Wildman–Crippen LogP) is 5.08. The zero-order valence-corrected chi connectivity index (χ0v) is 18.3. The van der Waals surface area contributed by atoms with Gasteiger partial charge in [0.15, 0.2) is 0 Å². The lowest BCUT2D eigenvalue weighted by molar-refractivity contribution is -0.123. The average molecular weight is 466 g/mol. The molecule has 3 unspecified atom stereocenters. The summed E-state index contributed by atoms with van der Waals surface area (Å²) in [6.07, 6.45) is 11.0. The second kappa shape index (κ2) is 6.62. The van der Waals surface area contributed by atoms with Gasteiger partial charge in [-0.2, -0.15) is 0 Å². The van der Waals surface area contributed by atoms with Crippen LogP contribution in [0.4, 0.5) is 0 Å².